The van der Waals surface area contributed by atoms with Crippen LogP contribution in [-0.4, -0.2) is 23.2 Å². The highest BCUT2D eigenvalue weighted by atomic mass is 19.1. The lowest BCUT2D eigenvalue weighted by Crippen LogP contribution is -2.46. The third-order valence-electron chi connectivity index (χ3n) is 2.88. The summed E-state index contributed by atoms with van der Waals surface area (Å²) in [6.45, 7) is 1.62. The van der Waals surface area contributed by atoms with E-state index in [1.165, 1.54) is 6.07 Å². The highest BCUT2D eigenvalue weighted by Gasteiger charge is 2.29. The van der Waals surface area contributed by atoms with Gasteiger partial charge in [0.1, 0.15) is 5.82 Å². The Kier molecular flexibility index (Phi) is 2.92. The molecule has 1 aliphatic rings. The van der Waals surface area contributed by atoms with Gasteiger partial charge in [-0.1, -0.05) is 12.1 Å². The number of carbonyl (C=O) groups is 1. The molecule has 1 saturated carbocycles. The predicted molar refractivity (Wildman–Crippen MR) is 57.6 cm³/mol. The molecule has 3 nitrogen and oxygen atoms in total. The first kappa shape index (κ1) is 11.1. The molecule has 2 N–H and O–H groups in total. The second-order valence-electron chi connectivity index (χ2n) is 4.23. The van der Waals surface area contributed by atoms with Crippen LogP contribution in [0.4, 0.5) is 4.39 Å². The molecule has 1 fully saturated rings. The van der Waals surface area contributed by atoms with E-state index in [1.807, 2.05) is 0 Å². The van der Waals surface area contributed by atoms with E-state index in [0.29, 0.717) is 18.4 Å². The number of hydrogen-bond acceptors (Lipinski definition) is 2. The first-order valence-electron chi connectivity index (χ1n) is 5.32. The lowest BCUT2D eigenvalue weighted by Gasteiger charge is -2.31. The fourth-order valence-electron chi connectivity index (χ4n) is 1.79. The number of aliphatic hydroxyl groups excluding tert-OH is 1. The first-order chi connectivity index (χ1) is 7.58. The third-order valence-corrected chi connectivity index (χ3v) is 2.88. The molecule has 0 spiro atoms. The largest absolute Gasteiger partial charge is 0.393 e. The molecule has 16 heavy (non-hydrogen) atoms. The topological polar surface area (TPSA) is 49.3 Å². The van der Waals surface area contributed by atoms with Crippen molar-refractivity contribution in [1.82, 2.24) is 5.32 Å². The van der Waals surface area contributed by atoms with E-state index >= 15 is 0 Å². The number of nitrogens with one attached hydrogen (secondary N) is 1. The molecule has 0 bridgehead atoms. The van der Waals surface area contributed by atoms with E-state index in [9.17, 15) is 9.18 Å². The van der Waals surface area contributed by atoms with Gasteiger partial charge in [-0.3, -0.25) is 4.79 Å². The summed E-state index contributed by atoms with van der Waals surface area (Å²) in [5, 5.41) is 11.8. The van der Waals surface area contributed by atoms with Crippen molar-refractivity contribution >= 4 is 5.91 Å². The monoisotopic (exact) mass is 223 g/mol. The van der Waals surface area contributed by atoms with Crippen molar-refractivity contribution in [3.05, 3.63) is 35.1 Å². The number of amides is 1. The van der Waals surface area contributed by atoms with Crippen molar-refractivity contribution in [3.63, 3.8) is 0 Å². The number of hydrogen-bond donors (Lipinski definition) is 2. The fraction of sp³-hybridized carbons (Fsp3) is 0.417. The molecule has 0 aliphatic heterocycles. The molecule has 0 unspecified atom stereocenters. The number of aliphatic hydroxyl groups is 1. The molecule has 0 heterocycles. The van der Waals surface area contributed by atoms with Crippen molar-refractivity contribution in [2.45, 2.75) is 31.9 Å². The SMILES string of the molecule is Cc1cccc(C(=O)NC2CC(O)C2)c1F. The Bertz CT molecular complexity index is 413. The van der Waals surface area contributed by atoms with Crippen LogP contribution in [0.15, 0.2) is 18.2 Å². The summed E-state index contributed by atoms with van der Waals surface area (Å²) in [7, 11) is 0. The van der Waals surface area contributed by atoms with Crippen molar-refractivity contribution in [1.29, 1.82) is 0 Å². The first-order valence-corrected chi connectivity index (χ1v) is 5.32. The van der Waals surface area contributed by atoms with E-state index in [4.69, 9.17) is 5.11 Å². The Hall–Kier alpha value is -1.42. The van der Waals surface area contributed by atoms with Crippen LogP contribution >= 0.6 is 0 Å². The highest BCUT2D eigenvalue weighted by Crippen LogP contribution is 2.20. The molecule has 0 atom stereocenters. The third kappa shape index (κ3) is 2.07. The second-order valence-corrected chi connectivity index (χ2v) is 4.23. The van der Waals surface area contributed by atoms with E-state index in [1.54, 1.807) is 19.1 Å². The van der Waals surface area contributed by atoms with Gasteiger partial charge in [0.25, 0.3) is 5.91 Å². The molecule has 0 aromatic heterocycles. The molecule has 1 aromatic rings. The van der Waals surface area contributed by atoms with Crippen LogP contribution in [-0.2, 0) is 0 Å². The van der Waals surface area contributed by atoms with Crippen molar-refractivity contribution < 1.29 is 14.3 Å². The lowest BCUT2D eigenvalue weighted by molar-refractivity contribution is 0.0561. The maximum Gasteiger partial charge on any atom is 0.254 e. The van der Waals surface area contributed by atoms with Crippen LogP contribution in [0.3, 0.4) is 0 Å². The summed E-state index contributed by atoms with van der Waals surface area (Å²) < 4.78 is 13.6. The summed E-state index contributed by atoms with van der Waals surface area (Å²) in [5.41, 5.74) is 0.530. The molecule has 0 saturated heterocycles. The van der Waals surface area contributed by atoms with Crippen molar-refractivity contribution in [3.8, 4) is 0 Å². The molecule has 2 rings (SSSR count). The number of benzene rings is 1. The van der Waals surface area contributed by atoms with Gasteiger partial charge in [0.15, 0.2) is 0 Å². The molecule has 1 aliphatic carbocycles. The van der Waals surface area contributed by atoms with Gasteiger partial charge in [-0.2, -0.15) is 0 Å². The van der Waals surface area contributed by atoms with Gasteiger partial charge < -0.3 is 10.4 Å². The zero-order chi connectivity index (χ0) is 11.7. The molecule has 4 heteroatoms. The van der Waals surface area contributed by atoms with Gasteiger partial charge in [0.05, 0.1) is 11.7 Å². The quantitative estimate of drug-likeness (QED) is 0.796. The van der Waals surface area contributed by atoms with Gasteiger partial charge in [0.2, 0.25) is 0 Å². The summed E-state index contributed by atoms with van der Waals surface area (Å²) in [6.07, 6.45) is 0.783. The number of carbonyl (C=O) groups excluding carboxylic acids is 1. The van der Waals surface area contributed by atoms with Gasteiger partial charge in [-0.15, -0.1) is 0 Å². The lowest BCUT2D eigenvalue weighted by atomic mass is 9.89. The van der Waals surface area contributed by atoms with Crippen molar-refractivity contribution in [2.75, 3.05) is 0 Å². The number of rotatable bonds is 2. The standard InChI is InChI=1S/C12H14FNO2/c1-7-3-2-4-10(11(7)13)12(16)14-8-5-9(15)6-8/h2-4,8-9,15H,5-6H2,1H3,(H,14,16). The van der Waals surface area contributed by atoms with E-state index < -0.39 is 11.7 Å². The average molecular weight is 223 g/mol. The predicted octanol–water partition coefficient (Wildman–Crippen LogP) is 1.39. The summed E-state index contributed by atoms with van der Waals surface area (Å²) >= 11 is 0. The van der Waals surface area contributed by atoms with E-state index in [-0.39, 0.29) is 17.7 Å². The van der Waals surface area contributed by atoms with Crippen LogP contribution in [0.5, 0.6) is 0 Å². The average Bonchev–Trinajstić information content (AvgIpc) is 2.19. The molecule has 0 radical (unpaired) electrons. The highest BCUT2D eigenvalue weighted by molar-refractivity contribution is 5.94. The molecular weight excluding hydrogens is 209 g/mol. The maximum atomic E-state index is 13.6. The Morgan fingerprint density at radius 1 is 1.50 bits per heavy atom. The minimum atomic E-state index is -0.472. The summed E-state index contributed by atoms with van der Waals surface area (Å²) in [4.78, 5) is 11.7. The van der Waals surface area contributed by atoms with Crippen molar-refractivity contribution in [2.24, 2.45) is 0 Å². The summed E-state index contributed by atoms with van der Waals surface area (Å²) in [6, 6.07) is 4.72. The van der Waals surface area contributed by atoms with E-state index in [0.717, 1.165) is 0 Å². The molecule has 1 aromatic carbocycles. The molecule has 86 valence electrons. The Morgan fingerprint density at radius 3 is 2.81 bits per heavy atom. The number of halogens is 1. The minimum absolute atomic E-state index is 0.0255. The van der Waals surface area contributed by atoms with Gasteiger partial charge in [-0.25, -0.2) is 4.39 Å². The zero-order valence-corrected chi connectivity index (χ0v) is 9.03. The smallest absolute Gasteiger partial charge is 0.254 e. The van der Waals surface area contributed by atoms with Crippen LogP contribution in [0, 0.1) is 12.7 Å². The minimum Gasteiger partial charge on any atom is -0.393 e. The van der Waals surface area contributed by atoms with Crippen LogP contribution in [0.25, 0.3) is 0 Å². The Labute approximate surface area is 93.3 Å². The van der Waals surface area contributed by atoms with E-state index in [2.05, 4.69) is 5.32 Å². The van der Waals surface area contributed by atoms with Gasteiger partial charge in [0, 0.05) is 6.04 Å². The normalized spacial score (nSPS) is 23.7. The van der Waals surface area contributed by atoms with Crippen LogP contribution in [0.2, 0.25) is 0 Å². The fourth-order valence-corrected chi connectivity index (χ4v) is 1.79. The van der Waals surface area contributed by atoms with Gasteiger partial charge >= 0.3 is 0 Å². The number of aryl methyl sites for hydroxylation is 1. The Morgan fingerprint density at radius 2 is 2.19 bits per heavy atom. The zero-order valence-electron chi connectivity index (χ0n) is 9.03. The Balaban J connectivity index is 2.06. The van der Waals surface area contributed by atoms with Gasteiger partial charge in [-0.05, 0) is 31.4 Å². The van der Waals surface area contributed by atoms with Crippen LogP contribution < -0.4 is 5.32 Å². The van der Waals surface area contributed by atoms with Crippen LogP contribution in [0.1, 0.15) is 28.8 Å². The maximum absolute atomic E-state index is 13.6. The second kappa shape index (κ2) is 4.22. The molecular formula is C12H14FNO2. The molecule has 1 amide bonds. The summed E-state index contributed by atoms with van der Waals surface area (Å²) in [5.74, 6) is -0.877.